The lowest BCUT2D eigenvalue weighted by atomic mass is 10.2. The van der Waals surface area contributed by atoms with E-state index in [1.807, 2.05) is 13.8 Å². The van der Waals surface area contributed by atoms with Gasteiger partial charge in [0.15, 0.2) is 0 Å². The van der Waals surface area contributed by atoms with E-state index in [9.17, 15) is 9.67 Å². The SMILES string of the molecule is C=C(O)/C(=C\C(C)C)P(=O)(OCC)OCC. The Morgan fingerprint density at radius 3 is 2.06 bits per heavy atom. The summed E-state index contributed by atoms with van der Waals surface area (Å²) in [7, 11) is -3.43. The summed E-state index contributed by atoms with van der Waals surface area (Å²) in [5.41, 5.74) is 0. The van der Waals surface area contributed by atoms with E-state index in [1.54, 1.807) is 19.9 Å². The predicted octanol–water partition coefficient (Wildman–Crippen LogP) is 3.86. The van der Waals surface area contributed by atoms with E-state index in [4.69, 9.17) is 9.05 Å². The first-order valence-corrected chi connectivity index (χ1v) is 6.91. The Balaban J connectivity index is 5.27. The van der Waals surface area contributed by atoms with E-state index < -0.39 is 7.60 Å². The van der Waals surface area contributed by atoms with Crippen LogP contribution in [0, 0.1) is 5.92 Å². The van der Waals surface area contributed by atoms with Crippen LogP contribution >= 0.6 is 7.60 Å². The molecule has 0 aromatic rings. The van der Waals surface area contributed by atoms with Crippen LogP contribution in [-0.2, 0) is 13.6 Å². The smallest absolute Gasteiger partial charge is 0.364 e. The number of hydrogen-bond acceptors (Lipinski definition) is 4. The van der Waals surface area contributed by atoms with Crippen molar-refractivity contribution in [3.8, 4) is 0 Å². The Morgan fingerprint density at radius 2 is 1.81 bits per heavy atom. The van der Waals surface area contributed by atoms with Gasteiger partial charge in [0.1, 0.15) is 11.1 Å². The zero-order valence-corrected chi connectivity index (χ0v) is 11.3. The summed E-state index contributed by atoms with van der Waals surface area (Å²) in [5, 5.41) is 9.61. The van der Waals surface area contributed by atoms with Gasteiger partial charge in [0, 0.05) is 0 Å². The molecule has 94 valence electrons. The highest BCUT2D eigenvalue weighted by Crippen LogP contribution is 2.58. The van der Waals surface area contributed by atoms with E-state index in [0.29, 0.717) is 0 Å². The second-order valence-electron chi connectivity index (χ2n) is 3.58. The molecule has 0 aliphatic heterocycles. The highest BCUT2D eigenvalue weighted by atomic mass is 31.2. The normalized spacial score (nSPS) is 13.2. The molecule has 0 fully saturated rings. The van der Waals surface area contributed by atoms with Crippen LogP contribution in [0.1, 0.15) is 27.7 Å². The third-order valence-corrected chi connectivity index (χ3v) is 3.87. The molecular formula is C11H21O4P. The molecule has 5 heteroatoms. The van der Waals surface area contributed by atoms with Gasteiger partial charge in [0.2, 0.25) is 0 Å². The zero-order valence-electron chi connectivity index (χ0n) is 10.4. The summed E-state index contributed by atoms with van der Waals surface area (Å²) in [6, 6.07) is 0. The molecule has 16 heavy (non-hydrogen) atoms. The quantitative estimate of drug-likeness (QED) is 0.422. The third-order valence-electron chi connectivity index (χ3n) is 1.68. The van der Waals surface area contributed by atoms with Crippen LogP contribution in [0.5, 0.6) is 0 Å². The fraction of sp³-hybridized carbons (Fsp3) is 0.636. The molecular weight excluding hydrogens is 227 g/mol. The number of rotatable bonds is 7. The topological polar surface area (TPSA) is 55.8 Å². The molecule has 0 aromatic carbocycles. The van der Waals surface area contributed by atoms with Crippen molar-refractivity contribution in [2.45, 2.75) is 27.7 Å². The van der Waals surface area contributed by atoms with Gasteiger partial charge in [0.25, 0.3) is 0 Å². The zero-order chi connectivity index (χ0) is 12.8. The average Bonchev–Trinajstić information content (AvgIpc) is 2.14. The monoisotopic (exact) mass is 248 g/mol. The third kappa shape index (κ3) is 4.52. The molecule has 4 nitrogen and oxygen atoms in total. The minimum atomic E-state index is -3.43. The number of aliphatic hydroxyl groups is 1. The molecule has 0 radical (unpaired) electrons. The Morgan fingerprint density at radius 1 is 1.38 bits per heavy atom. The predicted molar refractivity (Wildman–Crippen MR) is 65.5 cm³/mol. The van der Waals surface area contributed by atoms with Crippen LogP contribution in [-0.4, -0.2) is 18.3 Å². The van der Waals surface area contributed by atoms with E-state index in [1.165, 1.54) is 0 Å². The Kier molecular flexibility index (Phi) is 6.65. The van der Waals surface area contributed by atoms with Crippen molar-refractivity contribution in [3.05, 3.63) is 23.7 Å². The number of aliphatic hydroxyl groups excluding tert-OH is 1. The van der Waals surface area contributed by atoms with Crippen LogP contribution in [0.2, 0.25) is 0 Å². The summed E-state index contributed by atoms with van der Waals surface area (Å²) in [4.78, 5) is 0. The van der Waals surface area contributed by atoms with Gasteiger partial charge < -0.3 is 14.2 Å². The molecule has 0 rings (SSSR count). The van der Waals surface area contributed by atoms with E-state index in [0.717, 1.165) is 0 Å². The highest BCUT2D eigenvalue weighted by Gasteiger charge is 2.31. The Hall–Kier alpha value is -0.570. The van der Waals surface area contributed by atoms with Crippen LogP contribution in [0.3, 0.4) is 0 Å². The molecule has 0 atom stereocenters. The van der Waals surface area contributed by atoms with Gasteiger partial charge in [-0.1, -0.05) is 26.5 Å². The molecule has 0 bridgehead atoms. The first kappa shape index (κ1) is 15.4. The molecule has 0 amide bonds. The molecule has 0 aliphatic carbocycles. The van der Waals surface area contributed by atoms with E-state index in [-0.39, 0.29) is 30.2 Å². The van der Waals surface area contributed by atoms with Gasteiger partial charge in [-0.15, -0.1) is 0 Å². The van der Waals surface area contributed by atoms with Gasteiger partial charge in [-0.05, 0) is 19.8 Å². The first-order valence-electron chi connectivity index (χ1n) is 5.37. The molecule has 0 saturated carbocycles. The largest absolute Gasteiger partial charge is 0.508 e. The van der Waals surface area contributed by atoms with Crippen molar-refractivity contribution in [3.63, 3.8) is 0 Å². The molecule has 0 unspecified atom stereocenters. The van der Waals surface area contributed by atoms with Crippen molar-refractivity contribution in [1.29, 1.82) is 0 Å². The molecule has 1 N–H and O–H groups in total. The lowest BCUT2D eigenvalue weighted by molar-refractivity contribution is 0.224. The Labute approximate surface area is 97.5 Å². The van der Waals surface area contributed by atoms with Crippen molar-refractivity contribution in [2.75, 3.05) is 13.2 Å². The second kappa shape index (κ2) is 6.89. The van der Waals surface area contributed by atoms with Gasteiger partial charge in [0.05, 0.1) is 13.2 Å². The second-order valence-corrected chi connectivity index (χ2v) is 5.57. The Bertz CT molecular complexity index is 297. The summed E-state index contributed by atoms with van der Waals surface area (Å²) in [5.74, 6) is -0.146. The molecule has 0 heterocycles. The maximum Gasteiger partial charge on any atom is 0.364 e. The first-order chi connectivity index (χ1) is 7.37. The van der Waals surface area contributed by atoms with Gasteiger partial charge >= 0.3 is 7.60 Å². The van der Waals surface area contributed by atoms with Gasteiger partial charge in [-0.3, -0.25) is 4.57 Å². The van der Waals surface area contributed by atoms with Crippen LogP contribution in [0.25, 0.3) is 0 Å². The molecule has 0 spiro atoms. The highest BCUT2D eigenvalue weighted by molar-refractivity contribution is 7.58. The average molecular weight is 248 g/mol. The maximum absolute atomic E-state index is 12.4. The minimum Gasteiger partial charge on any atom is -0.508 e. The summed E-state index contributed by atoms with van der Waals surface area (Å²) in [6.45, 7) is 11.2. The summed E-state index contributed by atoms with van der Waals surface area (Å²) < 4.78 is 22.6. The van der Waals surface area contributed by atoms with Crippen molar-refractivity contribution < 1.29 is 18.7 Å². The van der Waals surface area contributed by atoms with Crippen molar-refractivity contribution >= 4 is 7.60 Å². The summed E-state index contributed by atoms with van der Waals surface area (Å²) >= 11 is 0. The lowest BCUT2D eigenvalue weighted by Gasteiger charge is -2.19. The molecule has 0 aliphatic rings. The minimum absolute atomic E-state index is 0.119. The van der Waals surface area contributed by atoms with E-state index in [2.05, 4.69) is 6.58 Å². The lowest BCUT2D eigenvalue weighted by Crippen LogP contribution is -2.02. The summed E-state index contributed by atoms with van der Waals surface area (Å²) in [6.07, 6.45) is 1.65. The van der Waals surface area contributed by atoms with E-state index >= 15 is 0 Å². The van der Waals surface area contributed by atoms with Crippen molar-refractivity contribution in [2.24, 2.45) is 5.92 Å². The maximum atomic E-state index is 12.4. The number of hydrogen-bond donors (Lipinski definition) is 1. The fourth-order valence-corrected chi connectivity index (χ4v) is 3.01. The van der Waals surface area contributed by atoms with Crippen LogP contribution < -0.4 is 0 Å². The fourth-order valence-electron chi connectivity index (χ4n) is 1.18. The van der Waals surface area contributed by atoms with Crippen molar-refractivity contribution in [1.82, 2.24) is 0 Å². The molecule has 0 aromatic heterocycles. The number of allylic oxidation sites excluding steroid dienone is 2. The van der Waals surface area contributed by atoms with Gasteiger partial charge in [-0.2, -0.15) is 0 Å². The standard InChI is InChI=1S/C11H21O4P/c1-6-14-16(13,15-7-2)11(10(5)12)8-9(3)4/h8-9,12H,5-7H2,1-4H3/b11-8+. The van der Waals surface area contributed by atoms with Crippen LogP contribution in [0.15, 0.2) is 23.7 Å². The van der Waals surface area contributed by atoms with Crippen LogP contribution in [0.4, 0.5) is 0 Å². The molecule has 0 saturated heterocycles. The van der Waals surface area contributed by atoms with Gasteiger partial charge in [-0.25, -0.2) is 0 Å².